The number of aliphatic carboxylic acids is 1. The van der Waals surface area contributed by atoms with Gasteiger partial charge < -0.3 is 9.84 Å². The molecule has 5 heteroatoms. The van der Waals surface area contributed by atoms with Gasteiger partial charge in [-0.2, -0.15) is 0 Å². The highest BCUT2D eigenvalue weighted by atomic mass is 19.1. The average molecular weight is 269 g/mol. The molecule has 0 fully saturated rings. The fraction of sp³-hybridized carbons (Fsp3) is 0.500. The number of nitrogens with zero attached hydrogens (tertiary/aromatic N) is 1. The molecule has 1 rings (SSSR count). The number of benzene rings is 1. The molecule has 1 N–H and O–H groups in total. The van der Waals surface area contributed by atoms with Gasteiger partial charge in [-0.05, 0) is 31.2 Å². The van der Waals surface area contributed by atoms with E-state index in [-0.39, 0.29) is 18.2 Å². The highest BCUT2D eigenvalue weighted by molar-refractivity contribution is 5.67. The first kappa shape index (κ1) is 15.4. The Balaban J connectivity index is 2.75. The second kappa shape index (κ2) is 7.09. The van der Waals surface area contributed by atoms with Crippen LogP contribution in [0.5, 0.6) is 5.75 Å². The van der Waals surface area contributed by atoms with Crippen molar-refractivity contribution in [2.75, 3.05) is 13.7 Å². The SMILES string of the molecule is CCN(Cc1ccc(OC)c(F)c1)C(C)CC(=O)O. The second-order valence-corrected chi connectivity index (χ2v) is 4.48. The quantitative estimate of drug-likeness (QED) is 0.826. The summed E-state index contributed by atoms with van der Waals surface area (Å²) in [6, 6.07) is 4.71. The Kier molecular flexibility index (Phi) is 5.76. The summed E-state index contributed by atoms with van der Waals surface area (Å²) in [5.41, 5.74) is 0.803. The van der Waals surface area contributed by atoms with E-state index in [1.54, 1.807) is 12.1 Å². The summed E-state index contributed by atoms with van der Waals surface area (Å²) >= 11 is 0. The lowest BCUT2D eigenvalue weighted by molar-refractivity contribution is -0.138. The maximum absolute atomic E-state index is 13.6. The largest absolute Gasteiger partial charge is 0.494 e. The first-order valence-corrected chi connectivity index (χ1v) is 6.26. The summed E-state index contributed by atoms with van der Waals surface area (Å²) in [5, 5.41) is 8.80. The zero-order chi connectivity index (χ0) is 14.4. The van der Waals surface area contributed by atoms with Crippen LogP contribution in [0.3, 0.4) is 0 Å². The Hall–Kier alpha value is -1.62. The predicted molar refractivity (Wildman–Crippen MR) is 70.8 cm³/mol. The second-order valence-electron chi connectivity index (χ2n) is 4.48. The Bertz CT molecular complexity index is 437. The van der Waals surface area contributed by atoms with Crippen LogP contribution in [-0.2, 0) is 11.3 Å². The van der Waals surface area contributed by atoms with Crippen molar-refractivity contribution in [2.45, 2.75) is 32.9 Å². The van der Waals surface area contributed by atoms with Crippen LogP contribution in [0.4, 0.5) is 4.39 Å². The minimum atomic E-state index is -0.827. The third-order valence-electron chi connectivity index (χ3n) is 3.10. The van der Waals surface area contributed by atoms with Crippen molar-refractivity contribution in [3.05, 3.63) is 29.6 Å². The Labute approximate surface area is 112 Å². The highest BCUT2D eigenvalue weighted by Gasteiger charge is 2.16. The maximum atomic E-state index is 13.6. The molecule has 0 aliphatic heterocycles. The third-order valence-corrected chi connectivity index (χ3v) is 3.10. The summed E-state index contributed by atoms with van der Waals surface area (Å²) in [5.74, 6) is -1.01. The van der Waals surface area contributed by atoms with Gasteiger partial charge in [-0.25, -0.2) is 4.39 Å². The molecule has 1 aromatic rings. The fourth-order valence-corrected chi connectivity index (χ4v) is 2.00. The Morgan fingerprint density at radius 3 is 2.68 bits per heavy atom. The topological polar surface area (TPSA) is 49.8 Å². The zero-order valence-corrected chi connectivity index (χ0v) is 11.5. The van der Waals surface area contributed by atoms with Crippen molar-refractivity contribution < 1.29 is 19.0 Å². The van der Waals surface area contributed by atoms with E-state index in [2.05, 4.69) is 0 Å². The molecule has 0 aromatic heterocycles. The van der Waals surface area contributed by atoms with Crippen LogP contribution in [0.1, 0.15) is 25.8 Å². The van der Waals surface area contributed by atoms with Crippen molar-refractivity contribution in [1.29, 1.82) is 0 Å². The van der Waals surface area contributed by atoms with E-state index in [4.69, 9.17) is 9.84 Å². The van der Waals surface area contributed by atoms with Crippen molar-refractivity contribution in [2.24, 2.45) is 0 Å². The van der Waals surface area contributed by atoms with Crippen LogP contribution in [0.15, 0.2) is 18.2 Å². The number of carboxylic acids is 1. The lowest BCUT2D eigenvalue weighted by Crippen LogP contribution is -2.34. The number of rotatable bonds is 7. The summed E-state index contributed by atoms with van der Waals surface area (Å²) < 4.78 is 18.4. The van der Waals surface area contributed by atoms with Gasteiger partial charge in [0.15, 0.2) is 11.6 Å². The van der Waals surface area contributed by atoms with Crippen molar-refractivity contribution >= 4 is 5.97 Å². The average Bonchev–Trinajstić information content (AvgIpc) is 2.35. The number of hydrogen-bond donors (Lipinski definition) is 1. The van der Waals surface area contributed by atoms with E-state index in [1.165, 1.54) is 13.2 Å². The third kappa shape index (κ3) is 4.52. The van der Waals surface area contributed by atoms with Gasteiger partial charge in [0.2, 0.25) is 0 Å². The van der Waals surface area contributed by atoms with Gasteiger partial charge >= 0.3 is 5.97 Å². The number of carboxylic acid groups (broad SMARTS) is 1. The summed E-state index contributed by atoms with van der Waals surface area (Å²) in [6.45, 7) is 5.05. The summed E-state index contributed by atoms with van der Waals surface area (Å²) in [7, 11) is 1.42. The van der Waals surface area contributed by atoms with Crippen molar-refractivity contribution in [3.8, 4) is 5.75 Å². The molecule has 0 spiro atoms. The minimum Gasteiger partial charge on any atom is -0.494 e. The van der Waals surface area contributed by atoms with Gasteiger partial charge in [0.1, 0.15) is 0 Å². The van der Waals surface area contributed by atoms with Gasteiger partial charge in [0, 0.05) is 12.6 Å². The monoisotopic (exact) mass is 269 g/mol. The molecule has 19 heavy (non-hydrogen) atoms. The van der Waals surface area contributed by atoms with Gasteiger partial charge in [-0.3, -0.25) is 9.69 Å². The van der Waals surface area contributed by atoms with Gasteiger partial charge in [0.25, 0.3) is 0 Å². The number of hydrogen-bond acceptors (Lipinski definition) is 3. The molecule has 1 unspecified atom stereocenters. The first-order chi connectivity index (χ1) is 8.97. The molecule has 0 saturated heterocycles. The predicted octanol–water partition coefficient (Wildman–Crippen LogP) is 2.52. The molecule has 0 bridgehead atoms. The van der Waals surface area contributed by atoms with Crippen molar-refractivity contribution in [3.63, 3.8) is 0 Å². The number of carbonyl (C=O) groups is 1. The molecule has 106 valence electrons. The molecular weight excluding hydrogens is 249 g/mol. The normalized spacial score (nSPS) is 12.5. The van der Waals surface area contributed by atoms with Crippen LogP contribution in [0.2, 0.25) is 0 Å². The van der Waals surface area contributed by atoms with Crippen LogP contribution < -0.4 is 4.74 Å². The molecule has 0 saturated carbocycles. The zero-order valence-electron chi connectivity index (χ0n) is 11.5. The molecule has 0 heterocycles. The maximum Gasteiger partial charge on any atom is 0.304 e. The Morgan fingerprint density at radius 2 is 2.21 bits per heavy atom. The molecule has 0 radical (unpaired) electrons. The summed E-state index contributed by atoms with van der Waals surface area (Å²) in [4.78, 5) is 12.7. The molecular formula is C14H20FNO3. The highest BCUT2D eigenvalue weighted by Crippen LogP contribution is 2.19. The molecule has 1 atom stereocenters. The summed E-state index contributed by atoms with van der Waals surface area (Å²) in [6.07, 6.45) is 0.0759. The molecule has 1 aromatic carbocycles. The van der Waals surface area contributed by atoms with E-state index < -0.39 is 11.8 Å². The van der Waals surface area contributed by atoms with E-state index in [0.29, 0.717) is 13.1 Å². The smallest absolute Gasteiger partial charge is 0.304 e. The molecule has 0 aliphatic carbocycles. The standard InChI is InChI=1S/C14H20FNO3/c1-4-16(10(2)7-14(17)18)9-11-5-6-13(19-3)12(15)8-11/h5-6,8,10H,4,7,9H2,1-3H3,(H,17,18). The fourth-order valence-electron chi connectivity index (χ4n) is 2.00. The van der Waals surface area contributed by atoms with Crippen LogP contribution in [0, 0.1) is 5.82 Å². The van der Waals surface area contributed by atoms with E-state index in [1.807, 2.05) is 18.7 Å². The van der Waals surface area contributed by atoms with Gasteiger partial charge in [-0.15, -0.1) is 0 Å². The minimum absolute atomic E-state index is 0.0759. The lowest BCUT2D eigenvalue weighted by Gasteiger charge is -2.26. The number of methoxy groups -OCH3 is 1. The number of halogens is 1. The lowest BCUT2D eigenvalue weighted by atomic mass is 10.1. The van der Waals surface area contributed by atoms with E-state index in [0.717, 1.165) is 5.56 Å². The Morgan fingerprint density at radius 1 is 1.53 bits per heavy atom. The first-order valence-electron chi connectivity index (χ1n) is 6.26. The van der Waals surface area contributed by atoms with Crippen LogP contribution in [0.25, 0.3) is 0 Å². The van der Waals surface area contributed by atoms with Gasteiger partial charge in [0.05, 0.1) is 13.5 Å². The van der Waals surface area contributed by atoms with Crippen molar-refractivity contribution in [1.82, 2.24) is 4.90 Å². The van der Waals surface area contributed by atoms with Gasteiger partial charge in [-0.1, -0.05) is 13.0 Å². The molecule has 4 nitrogen and oxygen atoms in total. The van der Waals surface area contributed by atoms with E-state index >= 15 is 0 Å². The molecule has 0 amide bonds. The van der Waals surface area contributed by atoms with E-state index in [9.17, 15) is 9.18 Å². The number of ether oxygens (including phenoxy) is 1. The molecule has 0 aliphatic rings. The van der Waals surface area contributed by atoms with Crippen LogP contribution >= 0.6 is 0 Å². The van der Waals surface area contributed by atoms with Crippen LogP contribution in [-0.4, -0.2) is 35.7 Å².